The van der Waals surface area contributed by atoms with E-state index in [4.69, 9.17) is 0 Å². The molecule has 0 bridgehead atoms. The number of pyridine rings is 1. The van der Waals surface area contributed by atoms with Gasteiger partial charge in [-0.3, -0.25) is 0 Å². The standard InChI is InChI=1S/C18H15IN2/c1-13-10-11-20-18(12-13)21-17-5-3-2-4-16(17)14-6-8-15(19)9-7-14/h2-12H,1H3,(H,20,21). The molecule has 21 heavy (non-hydrogen) atoms. The van der Waals surface area contributed by atoms with E-state index in [9.17, 15) is 0 Å². The Hall–Kier alpha value is -1.88. The highest BCUT2D eigenvalue weighted by molar-refractivity contribution is 14.1. The Balaban J connectivity index is 1.98. The van der Waals surface area contributed by atoms with E-state index in [1.807, 2.05) is 24.4 Å². The topological polar surface area (TPSA) is 24.9 Å². The fourth-order valence-electron chi connectivity index (χ4n) is 2.22. The minimum absolute atomic E-state index is 0.868. The van der Waals surface area contributed by atoms with E-state index < -0.39 is 0 Å². The number of hydrogen-bond donors (Lipinski definition) is 1. The number of halogens is 1. The molecule has 104 valence electrons. The third-order valence-electron chi connectivity index (χ3n) is 3.26. The van der Waals surface area contributed by atoms with Gasteiger partial charge in [0, 0.05) is 21.0 Å². The van der Waals surface area contributed by atoms with Gasteiger partial charge >= 0.3 is 0 Å². The van der Waals surface area contributed by atoms with Crippen LogP contribution in [-0.4, -0.2) is 4.98 Å². The lowest BCUT2D eigenvalue weighted by Crippen LogP contribution is -1.95. The van der Waals surface area contributed by atoms with E-state index >= 15 is 0 Å². The van der Waals surface area contributed by atoms with Crippen LogP contribution in [0.25, 0.3) is 11.1 Å². The predicted octanol–water partition coefficient (Wildman–Crippen LogP) is 5.41. The summed E-state index contributed by atoms with van der Waals surface area (Å²) >= 11 is 2.32. The van der Waals surface area contributed by atoms with Gasteiger partial charge < -0.3 is 5.32 Å². The number of benzene rings is 2. The fraction of sp³-hybridized carbons (Fsp3) is 0.0556. The molecule has 0 aliphatic heterocycles. The van der Waals surface area contributed by atoms with Gasteiger partial charge in [-0.1, -0.05) is 30.3 Å². The summed E-state index contributed by atoms with van der Waals surface area (Å²) in [6, 6.07) is 20.9. The molecule has 0 unspecified atom stereocenters. The van der Waals surface area contributed by atoms with E-state index in [0.717, 1.165) is 11.5 Å². The summed E-state index contributed by atoms with van der Waals surface area (Å²) in [5.74, 6) is 0.868. The van der Waals surface area contributed by atoms with Crippen LogP contribution in [0, 0.1) is 10.5 Å². The summed E-state index contributed by atoms with van der Waals surface area (Å²) in [6.07, 6.45) is 1.82. The van der Waals surface area contributed by atoms with Gasteiger partial charge in [0.25, 0.3) is 0 Å². The molecule has 0 saturated carbocycles. The summed E-state index contributed by atoms with van der Waals surface area (Å²) in [7, 11) is 0. The molecule has 3 aromatic rings. The molecule has 0 radical (unpaired) electrons. The van der Waals surface area contributed by atoms with Crippen LogP contribution in [0.3, 0.4) is 0 Å². The molecule has 0 aliphatic rings. The Morgan fingerprint density at radius 1 is 0.952 bits per heavy atom. The number of hydrogen-bond acceptors (Lipinski definition) is 2. The first-order valence-corrected chi connectivity index (χ1v) is 7.85. The van der Waals surface area contributed by atoms with Crippen molar-refractivity contribution < 1.29 is 0 Å². The van der Waals surface area contributed by atoms with E-state index in [1.165, 1.54) is 20.3 Å². The average molecular weight is 386 g/mol. The van der Waals surface area contributed by atoms with Crippen LogP contribution in [0.5, 0.6) is 0 Å². The summed E-state index contributed by atoms with van der Waals surface area (Å²) in [5, 5.41) is 3.41. The van der Waals surface area contributed by atoms with Crippen LogP contribution in [0.2, 0.25) is 0 Å². The smallest absolute Gasteiger partial charge is 0.130 e. The Kier molecular flexibility index (Phi) is 4.20. The van der Waals surface area contributed by atoms with Crippen molar-refractivity contribution in [2.75, 3.05) is 5.32 Å². The zero-order chi connectivity index (χ0) is 14.7. The Morgan fingerprint density at radius 3 is 2.48 bits per heavy atom. The van der Waals surface area contributed by atoms with Crippen molar-refractivity contribution in [3.63, 3.8) is 0 Å². The zero-order valence-corrected chi connectivity index (χ0v) is 13.8. The zero-order valence-electron chi connectivity index (χ0n) is 11.7. The molecule has 1 aromatic heterocycles. The highest BCUT2D eigenvalue weighted by atomic mass is 127. The van der Waals surface area contributed by atoms with Crippen LogP contribution in [0.1, 0.15) is 5.56 Å². The summed E-state index contributed by atoms with van der Waals surface area (Å²) < 4.78 is 1.24. The van der Waals surface area contributed by atoms with Crippen molar-refractivity contribution in [2.24, 2.45) is 0 Å². The largest absolute Gasteiger partial charge is 0.340 e. The van der Waals surface area contributed by atoms with Gasteiger partial charge in [0.05, 0.1) is 0 Å². The van der Waals surface area contributed by atoms with Crippen molar-refractivity contribution in [3.8, 4) is 11.1 Å². The van der Waals surface area contributed by atoms with Gasteiger partial charge in [-0.25, -0.2) is 4.98 Å². The molecule has 0 atom stereocenters. The minimum Gasteiger partial charge on any atom is -0.340 e. The van der Waals surface area contributed by atoms with Crippen LogP contribution in [0.4, 0.5) is 11.5 Å². The molecule has 0 fully saturated rings. The van der Waals surface area contributed by atoms with E-state index in [2.05, 4.69) is 82.3 Å². The lowest BCUT2D eigenvalue weighted by atomic mass is 10.0. The van der Waals surface area contributed by atoms with Crippen LogP contribution < -0.4 is 5.32 Å². The van der Waals surface area contributed by atoms with Gasteiger partial charge in [-0.05, 0) is 71.0 Å². The predicted molar refractivity (Wildman–Crippen MR) is 96.9 cm³/mol. The fourth-order valence-corrected chi connectivity index (χ4v) is 2.58. The number of rotatable bonds is 3. The molecule has 0 saturated heterocycles. The monoisotopic (exact) mass is 386 g/mol. The quantitative estimate of drug-likeness (QED) is 0.610. The second-order valence-electron chi connectivity index (χ2n) is 4.90. The second-order valence-corrected chi connectivity index (χ2v) is 6.14. The average Bonchev–Trinajstić information content (AvgIpc) is 2.49. The lowest BCUT2D eigenvalue weighted by Gasteiger charge is -2.12. The van der Waals surface area contributed by atoms with E-state index in [0.29, 0.717) is 0 Å². The molecule has 0 aliphatic carbocycles. The minimum atomic E-state index is 0.868. The molecule has 0 amide bonds. The highest BCUT2D eigenvalue weighted by Crippen LogP contribution is 2.30. The van der Waals surface area contributed by atoms with Crippen molar-refractivity contribution in [1.82, 2.24) is 4.98 Å². The maximum absolute atomic E-state index is 4.37. The van der Waals surface area contributed by atoms with Gasteiger partial charge in [-0.2, -0.15) is 0 Å². The highest BCUT2D eigenvalue weighted by Gasteiger charge is 2.05. The molecule has 3 rings (SSSR count). The molecule has 0 spiro atoms. The molecular weight excluding hydrogens is 371 g/mol. The molecular formula is C18H15IN2. The summed E-state index contributed by atoms with van der Waals surface area (Å²) in [6.45, 7) is 2.07. The van der Waals surface area contributed by atoms with E-state index in [-0.39, 0.29) is 0 Å². The van der Waals surface area contributed by atoms with Crippen molar-refractivity contribution in [1.29, 1.82) is 0 Å². The lowest BCUT2D eigenvalue weighted by molar-refractivity contribution is 1.27. The first-order valence-electron chi connectivity index (χ1n) is 6.77. The maximum Gasteiger partial charge on any atom is 0.130 e. The number of para-hydroxylation sites is 1. The van der Waals surface area contributed by atoms with Crippen molar-refractivity contribution >= 4 is 34.1 Å². The molecule has 2 nitrogen and oxygen atoms in total. The van der Waals surface area contributed by atoms with Crippen LogP contribution >= 0.6 is 22.6 Å². The Morgan fingerprint density at radius 2 is 1.71 bits per heavy atom. The number of nitrogens with zero attached hydrogens (tertiary/aromatic N) is 1. The van der Waals surface area contributed by atoms with E-state index in [1.54, 1.807) is 0 Å². The number of aryl methyl sites for hydroxylation is 1. The molecule has 1 heterocycles. The number of anilines is 2. The van der Waals surface area contributed by atoms with Crippen LogP contribution in [0.15, 0.2) is 66.9 Å². The second kappa shape index (κ2) is 6.26. The van der Waals surface area contributed by atoms with Gasteiger partial charge in [0.2, 0.25) is 0 Å². The molecule has 3 heteroatoms. The van der Waals surface area contributed by atoms with Gasteiger partial charge in [-0.15, -0.1) is 0 Å². The maximum atomic E-state index is 4.37. The molecule has 1 N–H and O–H groups in total. The first-order chi connectivity index (χ1) is 10.2. The number of nitrogens with one attached hydrogen (secondary N) is 1. The van der Waals surface area contributed by atoms with Gasteiger partial charge in [0.15, 0.2) is 0 Å². The summed E-state index contributed by atoms with van der Waals surface area (Å²) in [5.41, 5.74) is 4.64. The number of aromatic nitrogens is 1. The third kappa shape index (κ3) is 3.42. The van der Waals surface area contributed by atoms with Crippen LogP contribution in [-0.2, 0) is 0 Å². The normalized spacial score (nSPS) is 10.4. The summed E-state index contributed by atoms with van der Waals surface area (Å²) in [4.78, 5) is 4.37. The third-order valence-corrected chi connectivity index (χ3v) is 3.98. The SMILES string of the molecule is Cc1ccnc(Nc2ccccc2-c2ccc(I)cc2)c1. The van der Waals surface area contributed by atoms with Gasteiger partial charge in [0.1, 0.15) is 5.82 Å². The molecule has 2 aromatic carbocycles. The van der Waals surface area contributed by atoms with Crippen molar-refractivity contribution in [3.05, 3.63) is 76.0 Å². The van der Waals surface area contributed by atoms with Crippen molar-refractivity contribution in [2.45, 2.75) is 6.92 Å². The first kappa shape index (κ1) is 14.1. The Bertz CT molecular complexity index is 751. The Labute approximate surface area is 138 Å².